The summed E-state index contributed by atoms with van der Waals surface area (Å²) < 4.78 is 6.54. The molecule has 1 unspecified atom stereocenters. The van der Waals surface area contributed by atoms with Crippen LogP contribution in [0.4, 0.5) is 11.6 Å². The van der Waals surface area contributed by atoms with Gasteiger partial charge >= 0.3 is 0 Å². The van der Waals surface area contributed by atoms with Gasteiger partial charge < -0.3 is 15.4 Å². The number of para-hydroxylation sites is 1. The van der Waals surface area contributed by atoms with E-state index in [1.807, 2.05) is 25.1 Å². The Morgan fingerprint density at radius 2 is 2.10 bits per heavy atom. The van der Waals surface area contributed by atoms with Gasteiger partial charge in [0, 0.05) is 18.5 Å². The normalized spacial score (nSPS) is 16.8. The van der Waals surface area contributed by atoms with E-state index in [4.69, 9.17) is 4.74 Å². The van der Waals surface area contributed by atoms with Crippen molar-refractivity contribution in [2.45, 2.75) is 19.4 Å². The number of hydrogen-bond acceptors (Lipinski definition) is 5. The van der Waals surface area contributed by atoms with E-state index in [2.05, 4.69) is 42.6 Å². The van der Waals surface area contributed by atoms with Crippen molar-refractivity contribution in [1.82, 2.24) is 9.97 Å². The smallest absolute Gasteiger partial charge is 0.146 e. The average molecular weight is 349 g/mol. The first kappa shape index (κ1) is 14.1. The molecule has 2 N–H and O–H groups in total. The molecular weight excluding hydrogens is 332 g/mol. The molecule has 0 saturated carbocycles. The van der Waals surface area contributed by atoms with Crippen LogP contribution in [0.25, 0.3) is 0 Å². The molecule has 0 fully saturated rings. The van der Waals surface area contributed by atoms with Gasteiger partial charge in [0.1, 0.15) is 28.2 Å². The third kappa shape index (κ3) is 2.95. The number of fused-ring (bicyclic) bond motifs is 1. The molecule has 2 aromatic rings. The molecule has 0 spiro atoms. The Morgan fingerprint density at radius 1 is 1.29 bits per heavy atom. The van der Waals surface area contributed by atoms with Crippen molar-refractivity contribution in [3.63, 3.8) is 0 Å². The molecule has 5 nitrogen and oxygen atoms in total. The zero-order valence-electron chi connectivity index (χ0n) is 11.8. The number of ether oxygens (including phenoxy) is 1. The van der Waals surface area contributed by atoms with Crippen molar-refractivity contribution in [3.8, 4) is 5.75 Å². The molecule has 0 bridgehead atoms. The minimum Gasteiger partial charge on any atom is -0.493 e. The van der Waals surface area contributed by atoms with E-state index in [0.29, 0.717) is 6.61 Å². The molecule has 1 aromatic heterocycles. The van der Waals surface area contributed by atoms with Crippen LogP contribution in [0.5, 0.6) is 5.75 Å². The number of halogens is 1. The van der Waals surface area contributed by atoms with Crippen molar-refractivity contribution >= 4 is 27.6 Å². The highest BCUT2D eigenvalue weighted by Crippen LogP contribution is 2.36. The summed E-state index contributed by atoms with van der Waals surface area (Å²) in [5, 5.41) is 6.70. The van der Waals surface area contributed by atoms with Crippen LogP contribution in [0.1, 0.15) is 24.9 Å². The van der Waals surface area contributed by atoms with Crippen LogP contribution in [-0.2, 0) is 0 Å². The van der Waals surface area contributed by atoms with E-state index >= 15 is 0 Å². The van der Waals surface area contributed by atoms with Gasteiger partial charge in [0.25, 0.3) is 0 Å². The molecule has 1 aromatic carbocycles. The Hall–Kier alpha value is -1.82. The SMILES string of the molecule is CCNc1ncnc(NC2CCOc3ccccc32)c1Br. The summed E-state index contributed by atoms with van der Waals surface area (Å²) in [6.45, 7) is 3.56. The molecule has 3 rings (SSSR count). The molecule has 0 radical (unpaired) electrons. The van der Waals surface area contributed by atoms with E-state index < -0.39 is 0 Å². The maximum Gasteiger partial charge on any atom is 0.146 e. The van der Waals surface area contributed by atoms with E-state index in [1.54, 1.807) is 6.33 Å². The first-order valence-electron chi connectivity index (χ1n) is 7.02. The second kappa shape index (κ2) is 6.30. The summed E-state index contributed by atoms with van der Waals surface area (Å²) in [4.78, 5) is 8.57. The Balaban J connectivity index is 1.86. The van der Waals surface area contributed by atoms with Gasteiger partial charge in [-0.2, -0.15) is 0 Å². The maximum atomic E-state index is 5.69. The lowest BCUT2D eigenvalue weighted by Crippen LogP contribution is -2.21. The minimum atomic E-state index is 0.190. The zero-order chi connectivity index (χ0) is 14.7. The number of nitrogens with one attached hydrogen (secondary N) is 2. The van der Waals surface area contributed by atoms with Crippen LogP contribution in [0.3, 0.4) is 0 Å². The fourth-order valence-electron chi connectivity index (χ4n) is 2.42. The number of nitrogens with zero attached hydrogens (tertiary/aromatic N) is 2. The van der Waals surface area contributed by atoms with Crippen LogP contribution < -0.4 is 15.4 Å². The predicted octanol–water partition coefficient (Wildman–Crippen LogP) is 3.61. The molecule has 1 aliphatic rings. The number of aromatic nitrogens is 2. The number of rotatable bonds is 4. The van der Waals surface area contributed by atoms with Crippen molar-refractivity contribution < 1.29 is 4.74 Å². The number of anilines is 2. The molecule has 0 saturated heterocycles. The summed E-state index contributed by atoms with van der Waals surface area (Å²) in [5.74, 6) is 2.54. The first-order chi connectivity index (χ1) is 10.3. The monoisotopic (exact) mass is 348 g/mol. The molecular formula is C15H17BrN4O. The second-order valence-corrected chi connectivity index (χ2v) is 5.58. The van der Waals surface area contributed by atoms with Crippen molar-refractivity contribution in [1.29, 1.82) is 0 Å². The Labute approximate surface area is 132 Å². The molecule has 1 atom stereocenters. The lowest BCUT2D eigenvalue weighted by molar-refractivity contribution is 0.274. The van der Waals surface area contributed by atoms with Crippen LogP contribution in [0.15, 0.2) is 35.1 Å². The van der Waals surface area contributed by atoms with E-state index in [9.17, 15) is 0 Å². The van der Waals surface area contributed by atoms with Crippen molar-refractivity contribution in [2.75, 3.05) is 23.8 Å². The van der Waals surface area contributed by atoms with Gasteiger partial charge in [-0.3, -0.25) is 0 Å². The lowest BCUT2D eigenvalue weighted by atomic mass is 10.0. The topological polar surface area (TPSA) is 59.1 Å². The standard InChI is InChI=1S/C15H17BrN4O/c1-2-17-14-13(16)15(19-9-18-14)20-11-7-8-21-12-6-4-3-5-10(11)12/h3-6,9,11H,2,7-8H2,1H3,(H2,17,18,19,20). The van der Waals surface area contributed by atoms with Gasteiger partial charge in [-0.25, -0.2) is 9.97 Å². The zero-order valence-corrected chi connectivity index (χ0v) is 13.4. The van der Waals surface area contributed by atoms with Gasteiger partial charge in [0.2, 0.25) is 0 Å². The van der Waals surface area contributed by atoms with E-state index in [1.165, 1.54) is 5.56 Å². The Bertz CT molecular complexity index is 635. The van der Waals surface area contributed by atoms with Crippen LogP contribution in [-0.4, -0.2) is 23.1 Å². The molecule has 21 heavy (non-hydrogen) atoms. The largest absolute Gasteiger partial charge is 0.493 e. The van der Waals surface area contributed by atoms with Crippen LogP contribution in [0, 0.1) is 0 Å². The van der Waals surface area contributed by atoms with Gasteiger partial charge in [0.05, 0.1) is 12.6 Å². The first-order valence-corrected chi connectivity index (χ1v) is 7.81. The highest BCUT2D eigenvalue weighted by molar-refractivity contribution is 9.10. The van der Waals surface area contributed by atoms with Gasteiger partial charge in [0.15, 0.2) is 0 Å². The third-order valence-corrected chi connectivity index (χ3v) is 4.15. The maximum absolute atomic E-state index is 5.69. The van der Waals surface area contributed by atoms with Crippen molar-refractivity contribution in [2.24, 2.45) is 0 Å². The summed E-state index contributed by atoms with van der Waals surface area (Å²) in [6.07, 6.45) is 2.47. The molecule has 6 heteroatoms. The van der Waals surface area contributed by atoms with Crippen LogP contribution in [0.2, 0.25) is 0 Å². The molecule has 110 valence electrons. The molecule has 2 heterocycles. The Morgan fingerprint density at radius 3 is 2.95 bits per heavy atom. The fourth-order valence-corrected chi connectivity index (χ4v) is 2.88. The quantitative estimate of drug-likeness (QED) is 0.883. The summed E-state index contributed by atoms with van der Waals surface area (Å²) in [5.41, 5.74) is 1.17. The van der Waals surface area contributed by atoms with E-state index in [-0.39, 0.29) is 6.04 Å². The van der Waals surface area contributed by atoms with Gasteiger partial charge in [-0.05, 0) is 28.9 Å². The number of hydrogen-bond donors (Lipinski definition) is 2. The highest BCUT2D eigenvalue weighted by atomic mass is 79.9. The highest BCUT2D eigenvalue weighted by Gasteiger charge is 2.22. The summed E-state index contributed by atoms with van der Waals surface area (Å²) in [6, 6.07) is 8.30. The van der Waals surface area contributed by atoms with Gasteiger partial charge in [-0.1, -0.05) is 18.2 Å². The van der Waals surface area contributed by atoms with E-state index in [0.717, 1.165) is 34.8 Å². The fraction of sp³-hybridized carbons (Fsp3) is 0.333. The predicted molar refractivity (Wildman–Crippen MR) is 86.8 cm³/mol. The summed E-state index contributed by atoms with van der Waals surface area (Å²) in [7, 11) is 0. The lowest BCUT2D eigenvalue weighted by Gasteiger charge is -2.27. The summed E-state index contributed by atoms with van der Waals surface area (Å²) >= 11 is 3.57. The molecule has 0 aliphatic carbocycles. The van der Waals surface area contributed by atoms with Crippen LogP contribution >= 0.6 is 15.9 Å². The Kier molecular flexibility index (Phi) is 4.24. The average Bonchev–Trinajstić information content (AvgIpc) is 2.52. The third-order valence-electron chi connectivity index (χ3n) is 3.40. The van der Waals surface area contributed by atoms with Gasteiger partial charge in [-0.15, -0.1) is 0 Å². The number of benzene rings is 1. The minimum absolute atomic E-state index is 0.190. The van der Waals surface area contributed by atoms with Crippen molar-refractivity contribution in [3.05, 3.63) is 40.6 Å². The molecule has 0 amide bonds. The molecule has 1 aliphatic heterocycles. The second-order valence-electron chi connectivity index (χ2n) is 4.79.